The largest absolute Gasteiger partial charge is 0.220 e. The van der Waals surface area contributed by atoms with E-state index in [1.165, 1.54) is 5.56 Å². The molecule has 2 aromatic rings. The highest BCUT2D eigenvalue weighted by atomic mass is 15.4. The van der Waals surface area contributed by atoms with Crippen LogP contribution >= 0.6 is 0 Å². The summed E-state index contributed by atoms with van der Waals surface area (Å²) in [5, 5.41) is 7.60. The summed E-state index contributed by atoms with van der Waals surface area (Å²) in [4.78, 5) is 0. The van der Waals surface area contributed by atoms with E-state index < -0.39 is 0 Å². The van der Waals surface area contributed by atoms with Gasteiger partial charge in [-0.25, -0.2) is 4.52 Å². The van der Waals surface area contributed by atoms with Crippen LogP contribution in [0.2, 0.25) is 0 Å². The maximum absolute atomic E-state index is 3.85. The molecule has 0 amide bonds. The van der Waals surface area contributed by atoms with Gasteiger partial charge in [0.05, 0.1) is 11.7 Å². The van der Waals surface area contributed by atoms with Crippen molar-refractivity contribution in [3.05, 3.63) is 30.1 Å². The molecule has 0 aromatic carbocycles. The van der Waals surface area contributed by atoms with E-state index in [-0.39, 0.29) is 0 Å². The van der Waals surface area contributed by atoms with E-state index in [0.29, 0.717) is 0 Å². The van der Waals surface area contributed by atoms with Crippen molar-refractivity contribution < 1.29 is 0 Å². The monoisotopic (exact) mass is 133 g/mol. The van der Waals surface area contributed by atoms with Crippen molar-refractivity contribution in [1.29, 1.82) is 0 Å². The van der Waals surface area contributed by atoms with Crippen LogP contribution in [0.15, 0.2) is 24.5 Å². The van der Waals surface area contributed by atoms with Crippen molar-refractivity contribution in [2.75, 3.05) is 0 Å². The Kier molecular flexibility index (Phi) is 0.974. The SMILES string of the molecule is Cc1ccc2cnnn2c1. The molecule has 0 aliphatic carbocycles. The Hall–Kier alpha value is -1.38. The molecular formula is C7H7N3. The van der Waals surface area contributed by atoms with E-state index in [2.05, 4.69) is 10.3 Å². The number of hydrogen-bond acceptors (Lipinski definition) is 2. The summed E-state index contributed by atoms with van der Waals surface area (Å²) in [5.74, 6) is 0. The molecule has 0 radical (unpaired) electrons. The summed E-state index contributed by atoms with van der Waals surface area (Å²) < 4.78 is 1.76. The van der Waals surface area contributed by atoms with Gasteiger partial charge < -0.3 is 0 Å². The third-order valence-corrected chi connectivity index (χ3v) is 1.45. The molecule has 0 bridgehead atoms. The lowest BCUT2D eigenvalue weighted by Gasteiger charge is -1.91. The summed E-state index contributed by atoms with van der Waals surface area (Å²) in [6.07, 6.45) is 3.68. The van der Waals surface area contributed by atoms with E-state index >= 15 is 0 Å². The fraction of sp³-hybridized carbons (Fsp3) is 0.143. The van der Waals surface area contributed by atoms with Gasteiger partial charge in [-0.2, -0.15) is 0 Å². The van der Waals surface area contributed by atoms with Crippen molar-refractivity contribution in [2.45, 2.75) is 6.92 Å². The minimum absolute atomic E-state index is 1.03. The molecule has 0 saturated carbocycles. The lowest BCUT2D eigenvalue weighted by molar-refractivity contribution is 0.851. The molecule has 0 aliphatic rings. The van der Waals surface area contributed by atoms with E-state index in [0.717, 1.165) is 5.52 Å². The van der Waals surface area contributed by atoms with Gasteiger partial charge in [0.2, 0.25) is 0 Å². The van der Waals surface area contributed by atoms with Crippen LogP contribution in [0.25, 0.3) is 5.52 Å². The van der Waals surface area contributed by atoms with Crippen LogP contribution in [0.1, 0.15) is 5.56 Å². The van der Waals surface area contributed by atoms with Gasteiger partial charge in [-0.3, -0.25) is 0 Å². The minimum atomic E-state index is 1.03. The zero-order chi connectivity index (χ0) is 6.97. The molecule has 0 saturated heterocycles. The first-order valence-electron chi connectivity index (χ1n) is 3.13. The first kappa shape index (κ1) is 5.41. The van der Waals surface area contributed by atoms with Crippen LogP contribution in [0.4, 0.5) is 0 Å². The van der Waals surface area contributed by atoms with Gasteiger partial charge in [-0.15, -0.1) is 5.10 Å². The van der Waals surface area contributed by atoms with Crippen molar-refractivity contribution in [3.8, 4) is 0 Å². The van der Waals surface area contributed by atoms with Gasteiger partial charge in [0.1, 0.15) is 0 Å². The summed E-state index contributed by atoms with van der Waals surface area (Å²) in [7, 11) is 0. The summed E-state index contributed by atoms with van der Waals surface area (Å²) in [5.41, 5.74) is 2.23. The Balaban J connectivity index is 2.86. The fourth-order valence-corrected chi connectivity index (χ4v) is 0.924. The molecule has 0 atom stereocenters. The van der Waals surface area contributed by atoms with Gasteiger partial charge in [-0.05, 0) is 18.6 Å². The van der Waals surface area contributed by atoms with Crippen LogP contribution in [-0.4, -0.2) is 14.8 Å². The Bertz CT molecular complexity index is 350. The van der Waals surface area contributed by atoms with Crippen LogP contribution in [0.5, 0.6) is 0 Å². The summed E-state index contributed by atoms with van der Waals surface area (Å²) >= 11 is 0. The van der Waals surface area contributed by atoms with Crippen molar-refractivity contribution in [2.24, 2.45) is 0 Å². The zero-order valence-corrected chi connectivity index (χ0v) is 5.65. The van der Waals surface area contributed by atoms with Gasteiger partial charge in [-0.1, -0.05) is 11.3 Å². The van der Waals surface area contributed by atoms with Gasteiger partial charge >= 0.3 is 0 Å². The molecule has 2 aromatic heterocycles. The first-order chi connectivity index (χ1) is 4.86. The number of aromatic nitrogens is 3. The van der Waals surface area contributed by atoms with Crippen LogP contribution in [0.3, 0.4) is 0 Å². The summed E-state index contributed by atoms with van der Waals surface area (Å²) in [6, 6.07) is 4.04. The molecule has 2 rings (SSSR count). The van der Waals surface area contributed by atoms with Crippen LogP contribution in [0, 0.1) is 6.92 Å². The molecular weight excluding hydrogens is 126 g/mol. The number of pyridine rings is 1. The number of fused-ring (bicyclic) bond motifs is 1. The predicted molar refractivity (Wildman–Crippen MR) is 37.7 cm³/mol. The lowest BCUT2D eigenvalue weighted by atomic mass is 10.3. The predicted octanol–water partition coefficient (Wildman–Crippen LogP) is 1.04. The molecule has 2 heterocycles. The molecule has 3 heteroatoms. The highest BCUT2D eigenvalue weighted by molar-refractivity contribution is 5.43. The minimum Gasteiger partial charge on any atom is -0.220 e. The van der Waals surface area contributed by atoms with E-state index in [1.807, 2.05) is 25.3 Å². The molecule has 0 fully saturated rings. The molecule has 0 N–H and O–H groups in total. The number of nitrogens with zero attached hydrogens (tertiary/aromatic N) is 3. The lowest BCUT2D eigenvalue weighted by Crippen LogP contribution is -1.86. The van der Waals surface area contributed by atoms with Gasteiger partial charge in [0.15, 0.2) is 0 Å². The first-order valence-corrected chi connectivity index (χ1v) is 3.13. The maximum atomic E-state index is 3.85. The number of rotatable bonds is 0. The second-order valence-corrected chi connectivity index (χ2v) is 2.31. The second-order valence-electron chi connectivity index (χ2n) is 2.31. The average molecular weight is 133 g/mol. The summed E-state index contributed by atoms with van der Waals surface area (Å²) in [6.45, 7) is 2.03. The van der Waals surface area contributed by atoms with Crippen LogP contribution < -0.4 is 0 Å². The van der Waals surface area contributed by atoms with E-state index in [4.69, 9.17) is 0 Å². The third-order valence-electron chi connectivity index (χ3n) is 1.45. The van der Waals surface area contributed by atoms with Crippen LogP contribution in [-0.2, 0) is 0 Å². The Morgan fingerprint density at radius 2 is 2.30 bits per heavy atom. The average Bonchev–Trinajstić information content (AvgIpc) is 2.33. The number of hydrogen-bond donors (Lipinski definition) is 0. The van der Waals surface area contributed by atoms with Crippen molar-refractivity contribution in [3.63, 3.8) is 0 Å². The van der Waals surface area contributed by atoms with Crippen molar-refractivity contribution >= 4 is 5.52 Å². The Morgan fingerprint density at radius 3 is 3.20 bits per heavy atom. The number of aryl methyl sites for hydroxylation is 1. The molecule has 0 spiro atoms. The molecule has 50 valence electrons. The zero-order valence-electron chi connectivity index (χ0n) is 5.65. The smallest absolute Gasteiger partial charge is 0.0865 e. The highest BCUT2D eigenvalue weighted by Gasteiger charge is 1.91. The van der Waals surface area contributed by atoms with Crippen molar-refractivity contribution in [1.82, 2.24) is 14.8 Å². The normalized spacial score (nSPS) is 10.5. The third kappa shape index (κ3) is 0.673. The Labute approximate surface area is 58.3 Å². The maximum Gasteiger partial charge on any atom is 0.0865 e. The molecule has 0 unspecified atom stereocenters. The van der Waals surface area contributed by atoms with E-state index in [9.17, 15) is 0 Å². The van der Waals surface area contributed by atoms with E-state index in [1.54, 1.807) is 10.7 Å². The second kappa shape index (κ2) is 1.80. The standard InChI is InChI=1S/C7H7N3/c1-6-2-3-7-4-8-9-10(7)5-6/h2-5H,1H3. The molecule has 0 aliphatic heterocycles. The topological polar surface area (TPSA) is 30.2 Å². The molecule has 3 nitrogen and oxygen atoms in total. The molecule has 10 heavy (non-hydrogen) atoms. The quantitative estimate of drug-likeness (QED) is 0.537. The van der Waals surface area contributed by atoms with Gasteiger partial charge in [0, 0.05) is 6.20 Å². The fourth-order valence-electron chi connectivity index (χ4n) is 0.924. The Morgan fingerprint density at radius 1 is 1.40 bits per heavy atom. The highest BCUT2D eigenvalue weighted by Crippen LogP contribution is 2.01. The van der Waals surface area contributed by atoms with Gasteiger partial charge in [0.25, 0.3) is 0 Å².